The fraction of sp³-hybridized carbons (Fsp3) is 0.0571. The molecule has 3 heteroatoms. The number of hydrogen-bond donors (Lipinski definition) is 0. The van der Waals surface area contributed by atoms with E-state index in [1.54, 1.807) is 7.11 Å². The van der Waals surface area contributed by atoms with Gasteiger partial charge in [-0.15, -0.1) is 0 Å². The van der Waals surface area contributed by atoms with E-state index in [2.05, 4.69) is 36.4 Å². The average Bonchev–Trinajstić information content (AvgIpc) is 2.97. The molecule has 0 aliphatic rings. The largest absolute Gasteiger partial charge is 0.496 e. The maximum Gasteiger partial charge on any atom is 0.193 e. The molecule has 0 aliphatic heterocycles. The Bertz CT molecular complexity index is 1780. The van der Waals surface area contributed by atoms with E-state index in [0.29, 0.717) is 16.9 Å². The van der Waals surface area contributed by atoms with Gasteiger partial charge in [-0.05, 0) is 64.9 Å². The maximum atomic E-state index is 13.0. The molecule has 6 aromatic carbocycles. The predicted octanol–water partition coefficient (Wildman–Crippen LogP) is 9.00. The minimum Gasteiger partial charge on any atom is -0.496 e. The van der Waals surface area contributed by atoms with Gasteiger partial charge in [-0.1, -0.05) is 90.5 Å². The van der Waals surface area contributed by atoms with Crippen LogP contribution in [0.25, 0.3) is 32.7 Å². The number of rotatable bonds is 6. The van der Waals surface area contributed by atoms with Gasteiger partial charge in [0.05, 0.1) is 7.11 Å². The van der Waals surface area contributed by atoms with Gasteiger partial charge in [0.1, 0.15) is 17.2 Å². The van der Waals surface area contributed by atoms with Crippen molar-refractivity contribution < 1.29 is 14.3 Å². The third-order valence-electron chi connectivity index (χ3n) is 6.91. The molecule has 0 bridgehead atoms. The minimum absolute atomic E-state index is 0.0107. The van der Waals surface area contributed by atoms with Gasteiger partial charge >= 0.3 is 0 Å². The lowest BCUT2D eigenvalue weighted by atomic mass is 9.92. The normalized spacial score (nSPS) is 11.0. The molecule has 0 aromatic heterocycles. The summed E-state index contributed by atoms with van der Waals surface area (Å²) in [5.41, 5.74) is 4.37. The third kappa shape index (κ3) is 4.29. The second-order valence-corrected chi connectivity index (χ2v) is 9.35. The molecule has 6 aromatic rings. The van der Waals surface area contributed by atoms with Gasteiger partial charge in [0.15, 0.2) is 5.78 Å². The zero-order valence-electron chi connectivity index (χ0n) is 21.3. The molecule has 0 heterocycles. The lowest BCUT2D eigenvalue weighted by molar-refractivity contribution is 0.103. The zero-order valence-corrected chi connectivity index (χ0v) is 21.3. The van der Waals surface area contributed by atoms with Crippen LogP contribution in [0.3, 0.4) is 0 Å². The first-order valence-electron chi connectivity index (χ1n) is 12.6. The summed E-state index contributed by atoms with van der Waals surface area (Å²) in [6.07, 6.45) is 0. The quantitative estimate of drug-likeness (QED) is 0.217. The molecular formula is C35H26O3. The van der Waals surface area contributed by atoms with E-state index in [1.807, 2.05) is 91.9 Å². The van der Waals surface area contributed by atoms with Crippen molar-refractivity contribution in [3.8, 4) is 28.4 Å². The first-order valence-corrected chi connectivity index (χ1v) is 12.6. The van der Waals surface area contributed by atoms with Gasteiger partial charge in [-0.3, -0.25) is 4.79 Å². The highest BCUT2D eigenvalue weighted by Crippen LogP contribution is 2.46. The number of fused-ring (bicyclic) bond motifs is 2. The van der Waals surface area contributed by atoms with E-state index in [1.165, 1.54) is 0 Å². The highest BCUT2D eigenvalue weighted by Gasteiger charge is 2.19. The van der Waals surface area contributed by atoms with Crippen LogP contribution in [0.4, 0.5) is 0 Å². The summed E-state index contributed by atoms with van der Waals surface area (Å²) in [6.45, 7) is 2.01. The molecule has 184 valence electrons. The molecule has 38 heavy (non-hydrogen) atoms. The first kappa shape index (κ1) is 23.5. The van der Waals surface area contributed by atoms with Crippen LogP contribution in [0.15, 0.2) is 121 Å². The molecule has 0 fully saturated rings. The fourth-order valence-corrected chi connectivity index (χ4v) is 4.95. The van der Waals surface area contributed by atoms with Gasteiger partial charge in [0.25, 0.3) is 0 Å². The van der Waals surface area contributed by atoms with Crippen LogP contribution < -0.4 is 9.47 Å². The third-order valence-corrected chi connectivity index (χ3v) is 6.91. The Morgan fingerprint density at radius 3 is 1.63 bits per heavy atom. The average molecular weight is 495 g/mol. The van der Waals surface area contributed by atoms with E-state index in [0.717, 1.165) is 49.7 Å². The standard InChI is InChI=1S/C35H26O3/c1-23-11-13-26(14-12-23)35(36)27-15-19-28(20-16-27)38-32-22-18-25-8-4-6-10-30(25)34(32)33-29-9-5-3-7-24(29)17-21-31(33)37-2/h3-22H,1-2H3. The van der Waals surface area contributed by atoms with Crippen molar-refractivity contribution in [3.05, 3.63) is 138 Å². The highest BCUT2D eigenvalue weighted by atomic mass is 16.5. The summed E-state index contributed by atoms with van der Waals surface area (Å²) < 4.78 is 12.4. The number of ether oxygens (including phenoxy) is 2. The Labute approximate surface area is 221 Å². The molecule has 0 saturated carbocycles. The smallest absolute Gasteiger partial charge is 0.193 e. The Kier molecular flexibility index (Phi) is 6.11. The fourth-order valence-electron chi connectivity index (χ4n) is 4.95. The second kappa shape index (κ2) is 9.87. The van der Waals surface area contributed by atoms with Crippen LogP contribution in [0.1, 0.15) is 21.5 Å². The Hall–Kier alpha value is -4.89. The van der Waals surface area contributed by atoms with Gasteiger partial charge in [0, 0.05) is 22.3 Å². The summed E-state index contributed by atoms with van der Waals surface area (Å²) in [7, 11) is 1.70. The first-order chi connectivity index (χ1) is 18.6. The Balaban J connectivity index is 1.45. The Morgan fingerprint density at radius 2 is 1.05 bits per heavy atom. The van der Waals surface area contributed by atoms with Crippen LogP contribution in [-0.2, 0) is 0 Å². The lowest BCUT2D eigenvalue weighted by Crippen LogP contribution is -2.01. The van der Waals surface area contributed by atoms with E-state index < -0.39 is 0 Å². The topological polar surface area (TPSA) is 35.5 Å². The number of carbonyl (C=O) groups excluding carboxylic acids is 1. The van der Waals surface area contributed by atoms with Crippen LogP contribution in [0.2, 0.25) is 0 Å². The van der Waals surface area contributed by atoms with Gasteiger partial charge in [-0.2, -0.15) is 0 Å². The van der Waals surface area contributed by atoms with Crippen LogP contribution in [-0.4, -0.2) is 12.9 Å². The molecule has 0 amide bonds. The number of benzene rings is 6. The van der Waals surface area contributed by atoms with Crippen LogP contribution in [0, 0.1) is 6.92 Å². The molecule has 0 unspecified atom stereocenters. The summed E-state index contributed by atoms with van der Waals surface area (Å²) in [4.78, 5) is 13.0. The van der Waals surface area contributed by atoms with E-state index in [4.69, 9.17) is 9.47 Å². The molecule has 3 nitrogen and oxygen atoms in total. The SMILES string of the molecule is COc1ccc2ccccc2c1-c1c(Oc2ccc(C(=O)c3ccc(C)cc3)cc2)ccc2ccccc12. The number of methoxy groups -OCH3 is 1. The van der Waals surface area contributed by atoms with Crippen molar-refractivity contribution in [2.24, 2.45) is 0 Å². The van der Waals surface area contributed by atoms with Crippen molar-refractivity contribution >= 4 is 27.3 Å². The van der Waals surface area contributed by atoms with Gasteiger partial charge in [-0.25, -0.2) is 0 Å². The molecular weight excluding hydrogens is 468 g/mol. The van der Waals surface area contributed by atoms with Crippen molar-refractivity contribution in [3.63, 3.8) is 0 Å². The maximum absolute atomic E-state index is 13.0. The predicted molar refractivity (Wildman–Crippen MR) is 155 cm³/mol. The molecule has 0 aliphatic carbocycles. The minimum atomic E-state index is -0.0107. The van der Waals surface area contributed by atoms with Crippen molar-refractivity contribution in [1.82, 2.24) is 0 Å². The Morgan fingerprint density at radius 1 is 0.553 bits per heavy atom. The van der Waals surface area contributed by atoms with E-state index >= 15 is 0 Å². The number of carbonyl (C=O) groups is 1. The molecule has 0 N–H and O–H groups in total. The van der Waals surface area contributed by atoms with Gasteiger partial charge in [0.2, 0.25) is 0 Å². The molecule has 0 radical (unpaired) electrons. The second-order valence-electron chi connectivity index (χ2n) is 9.35. The van der Waals surface area contributed by atoms with E-state index in [-0.39, 0.29) is 5.78 Å². The molecule has 0 atom stereocenters. The lowest BCUT2D eigenvalue weighted by Gasteiger charge is -2.19. The molecule has 0 saturated heterocycles. The number of ketones is 1. The van der Waals surface area contributed by atoms with E-state index in [9.17, 15) is 4.79 Å². The summed E-state index contributed by atoms with van der Waals surface area (Å²) in [5, 5.41) is 4.41. The molecule has 0 spiro atoms. The summed E-state index contributed by atoms with van der Waals surface area (Å²) in [5.74, 6) is 2.14. The summed E-state index contributed by atoms with van der Waals surface area (Å²) >= 11 is 0. The van der Waals surface area contributed by atoms with Crippen molar-refractivity contribution in [2.45, 2.75) is 6.92 Å². The van der Waals surface area contributed by atoms with Crippen molar-refractivity contribution in [2.75, 3.05) is 7.11 Å². The van der Waals surface area contributed by atoms with Crippen molar-refractivity contribution in [1.29, 1.82) is 0 Å². The number of hydrogen-bond acceptors (Lipinski definition) is 3. The van der Waals surface area contributed by atoms with Crippen LogP contribution >= 0.6 is 0 Å². The van der Waals surface area contributed by atoms with Crippen LogP contribution in [0.5, 0.6) is 17.2 Å². The monoisotopic (exact) mass is 494 g/mol. The zero-order chi connectivity index (χ0) is 26.1. The summed E-state index contributed by atoms with van der Waals surface area (Å²) in [6, 6.07) is 39.7. The highest BCUT2D eigenvalue weighted by molar-refractivity contribution is 6.10. The molecule has 6 rings (SSSR count). The number of aryl methyl sites for hydroxylation is 1. The van der Waals surface area contributed by atoms with Gasteiger partial charge < -0.3 is 9.47 Å².